The van der Waals surface area contributed by atoms with Gasteiger partial charge in [0, 0.05) is 35.7 Å². The Hall–Kier alpha value is -3.60. The van der Waals surface area contributed by atoms with Gasteiger partial charge in [-0.2, -0.15) is 5.10 Å². The van der Waals surface area contributed by atoms with Gasteiger partial charge in [-0.25, -0.2) is 4.39 Å². The van der Waals surface area contributed by atoms with E-state index in [1.807, 2.05) is 67.7 Å². The van der Waals surface area contributed by atoms with Gasteiger partial charge in [0.25, 0.3) is 0 Å². The summed E-state index contributed by atoms with van der Waals surface area (Å²) in [6.07, 6.45) is 5.51. The highest BCUT2D eigenvalue weighted by molar-refractivity contribution is 5.94. The van der Waals surface area contributed by atoms with E-state index in [0.717, 1.165) is 65.5 Å². The van der Waals surface area contributed by atoms with Gasteiger partial charge >= 0.3 is 0 Å². The first kappa shape index (κ1) is 22.2. The third kappa shape index (κ3) is 4.69. The Bertz CT molecular complexity index is 1180. The molecule has 5 heteroatoms. The average molecular weight is 457 g/mol. The highest BCUT2D eigenvalue weighted by Gasteiger charge is 2.31. The van der Waals surface area contributed by atoms with E-state index >= 15 is 0 Å². The van der Waals surface area contributed by atoms with Crippen LogP contribution in [0.25, 0.3) is 5.76 Å². The maximum atomic E-state index is 13.8. The van der Waals surface area contributed by atoms with Crippen molar-refractivity contribution in [2.75, 3.05) is 19.7 Å². The van der Waals surface area contributed by atoms with Crippen molar-refractivity contribution in [1.29, 1.82) is 0 Å². The van der Waals surface area contributed by atoms with E-state index < -0.39 is 0 Å². The Morgan fingerprint density at radius 1 is 0.971 bits per heavy atom. The quantitative estimate of drug-likeness (QED) is 0.390. The van der Waals surface area contributed by atoms with Crippen molar-refractivity contribution >= 4 is 12.0 Å². The van der Waals surface area contributed by atoms with E-state index in [1.165, 1.54) is 18.6 Å². The van der Waals surface area contributed by atoms with Gasteiger partial charge in [0.05, 0.1) is 12.8 Å². The Morgan fingerprint density at radius 3 is 2.44 bits per heavy atom. The van der Waals surface area contributed by atoms with Crippen LogP contribution in [0.4, 0.5) is 4.39 Å². The molecule has 5 rings (SSSR count). The number of nitrogens with zero attached hydrogens (tertiary/aromatic N) is 2. The summed E-state index contributed by atoms with van der Waals surface area (Å²) in [5.41, 5.74) is 3.95. The molecule has 0 aliphatic carbocycles. The van der Waals surface area contributed by atoms with E-state index in [-0.39, 0.29) is 11.7 Å². The monoisotopic (exact) mass is 456 g/mol. The molecule has 2 aliphatic heterocycles. The number of hydrogen-bond acceptors (Lipinski definition) is 4. The van der Waals surface area contributed by atoms with Crippen molar-refractivity contribution in [3.05, 3.63) is 101 Å². The van der Waals surface area contributed by atoms with Gasteiger partial charge in [0.15, 0.2) is 0 Å². The molecule has 2 heterocycles. The molecule has 3 aromatic carbocycles. The first-order chi connectivity index (χ1) is 16.7. The summed E-state index contributed by atoms with van der Waals surface area (Å²) in [6.45, 7) is 4.51. The number of ether oxygens (including phenoxy) is 2. The topological polar surface area (TPSA) is 34.1 Å². The van der Waals surface area contributed by atoms with Crippen LogP contribution in [-0.4, -0.2) is 30.9 Å². The lowest BCUT2D eigenvalue weighted by Gasteiger charge is -2.30. The minimum Gasteiger partial charge on any atom is -0.494 e. The molecule has 0 N–H and O–H groups in total. The third-order valence-electron chi connectivity index (χ3n) is 6.34. The summed E-state index contributed by atoms with van der Waals surface area (Å²) in [6, 6.07) is 22.8. The van der Waals surface area contributed by atoms with Crippen LogP contribution in [0.1, 0.15) is 48.8 Å². The molecule has 174 valence electrons. The van der Waals surface area contributed by atoms with Crippen molar-refractivity contribution in [2.45, 2.75) is 32.1 Å². The van der Waals surface area contributed by atoms with Crippen LogP contribution in [0.3, 0.4) is 0 Å². The minimum atomic E-state index is -0.247. The molecule has 0 radical (unpaired) electrons. The molecule has 0 bridgehead atoms. The molecule has 0 amide bonds. The fourth-order valence-corrected chi connectivity index (χ4v) is 4.66. The lowest BCUT2D eigenvalue weighted by Crippen LogP contribution is -2.25. The van der Waals surface area contributed by atoms with Crippen LogP contribution in [0.2, 0.25) is 0 Å². The number of benzene rings is 3. The molecule has 1 saturated heterocycles. The second-order valence-corrected chi connectivity index (χ2v) is 8.63. The summed E-state index contributed by atoms with van der Waals surface area (Å²) in [7, 11) is 0. The predicted octanol–water partition coefficient (Wildman–Crippen LogP) is 6.63. The fraction of sp³-hybridized carbons (Fsp3) is 0.276. The lowest BCUT2D eigenvalue weighted by atomic mass is 9.81. The van der Waals surface area contributed by atoms with Crippen molar-refractivity contribution in [2.24, 2.45) is 5.10 Å². The normalized spacial score (nSPS) is 18.1. The van der Waals surface area contributed by atoms with E-state index in [1.54, 1.807) is 0 Å². The standard InChI is InChI=1S/C29H29FN2O2/c1-2-33-24-16-12-22(13-17-24)29-26(20-31-32-18-6-3-7-19-32)28(21-10-14-23(30)15-11-21)25-8-4-5-9-27(25)34-29/h4-5,8-17,20,28H,2-3,6-7,18-19H2,1H3. The molecule has 1 unspecified atom stereocenters. The lowest BCUT2D eigenvalue weighted by molar-refractivity contribution is 0.240. The number of para-hydroxylation sites is 1. The highest BCUT2D eigenvalue weighted by atomic mass is 19.1. The SMILES string of the molecule is CCOc1ccc(C2=C(C=NN3CCCCC3)C(c3ccc(F)cc3)c3ccccc3O2)cc1. The van der Waals surface area contributed by atoms with Gasteiger partial charge in [-0.1, -0.05) is 30.3 Å². The summed E-state index contributed by atoms with van der Waals surface area (Å²) >= 11 is 0. The Morgan fingerprint density at radius 2 is 1.71 bits per heavy atom. The molecular weight excluding hydrogens is 427 g/mol. The predicted molar refractivity (Wildman–Crippen MR) is 134 cm³/mol. The van der Waals surface area contributed by atoms with Crippen LogP contribution in [0.15, 0.2) is 83.5 Å². The molecular formula is C29H29FN2O2. The van der Waals surface area contributed by atoms with E-state index in [0.29, 0.717) is 6.61 Å². The van der Waals surface area contributed by atoms with Crippen LogP contribution in [0, 0.1) is 5.82 Å². The molecule has 0 aromatic heterocycles. The molecule has 2 aliphatic rings. The van der Waals surface area contributed by atoms with E-state index in [9.17, 15) is 4.39 Å². The number of hydrazone groups is 1. The summed E-state index contributed by atoms with van der Waals surface area (Å²) < 4.78 is 25.9. The molecule has 1 fully saturated rings. The zero-order chi connectivity index (χ0) is 23.3. The third-order valence-corrected chi connectivity index (χ3v) is 6.34. The first-order valence-electron chi connectivity index (χ1n) is 12.0. The van der Waals surface area contributed by atoms with Crippen molar-refractivity contribution in [1.82, 2.24) is 5.01 Å². The van der Waals surface area contributed by atoms with Gasteiger partial charge in [0.1, 0.15) is 23.1 Å². The van der Waals surface area contributed by atoms with Crippen LogP contribution in [0.5, 0.6) is 11.5 Å². The van der Waals surface area contributed by atoms with Crippen molar-refractivity contribution in [3.63, 3.8) is 0 Å². The Balaban J connectivity index is 1.65. The highest BCUT2D eigenvalue weighted by Crippen LogP contribution is 2.45. The van der Waals surface area contributed by atoms with Gasteiger partial charge < -0.3 is 9.47 Å². The second kappa shape index (κ2) is 10.1. The maximum absolute atomic E-state index is 13.8. The number of halogens is 1. The first-order valence-corrected chi connectivity index (χ1v) is 12.0. The number of hydrogen-bond donors (Lipinski definition) is 0. The van der Waals surface area contributed by atoms with Crippen LogP contribution >= 0.6 is 0 Å². The minimum absolute atomic E-state index is 0.124. The number of rotatable bonds is 6. The van der Waals surface area contributed by atoms with Gasteiger partial charge in [0.2, 0.25) is 0 Å². The summed E-state index contributed by atoms with van der Waals surface area (Å²) in [5.74, 6) is 2.01. The largest absolute Gasteiger partial charge is 0.494 e. The van der Waals surface area contributed by atoms with E-state index in [2.05, 4.69) is 11.1 Å². The maximum Gasteiger partial charge on any atom is 0.140 e. The molecule has 1 atom stereocenters. The van der Waals surface area contributed by atoms with Crippen molar-refractivity contribution in [3.8, 4) is 11.5 Å². The smallest absolute Gasteiger partial charge is 0.140 e. The summed E-state index contributed by atoms with van der Waals surface area (Å²) in [4.78, 5) is 0. The number of piperidine rings is 1. The fourth-order valence-electron chi connectivity index (χ4n) is 4.66. The van der Waals surface area contributed by atoms with Gasteiger partial charge in [-0.15, -0.1) is 0 Å². The summed E-state index contributed by atoms with van der Waals surface area (Å²) in [5, 5.41) is 7.00. The Kier molecular flexibility index (Phi) is 6.61. The molecule has 0 spiro atoms. The zero-order valence-electron chi connectivity index (χ0n) is 19.4. The molecule has 3 aromatic rings. The molecule has 34 heavy (non-hydrogen) atoms. The second-order valence-electron chi connectivity index (χ2n) is 8.63. The van der Waals surface area contributed by atoms with Gasteiger partial charge in [-0.3, -0.25) is 5.01 Å². The van der Waals surface area contributed by atoms with E-state index in [4.69, 9.17) is 14.6 Å². The number of fused-ring (bicyclic) bond motifs is 1. The zero-order valence-corrected chi connectivity index (χ0v) is 19.4. The van der Waals surface area contributed by atoms with Crippen molar-refractivity contribution < 1.29 is 13.9 Å². The molecule has 0 saturated carbocycles. The number of allylic oxidation sites excluding steroid dienone is 1. The molecule has 4 nitrogen and oxygen atoms in total. The average Bonchev–Trinajstić information content (AvgIpc) is 2.88. The Labute approximate surface area is 200 Å². The van der Waals surface area contributed by atoms with Crippen LogP contribution < -0.4 is 9.47 Å². The van der Waals surface area contributed by atoms with Crippen LogP contribution in [-0.2, 0) is 0 Å². The van der Waals surface area contributed by atoms with Gasteiger partial charge in [-0.05, 0) is 74.2 Å².